The lowest BCUT2D eigenvalue weighted by Crippen LogP contribution is -2.21. The first kappa shape index (κ1) is 23.5. The summed E-state index contributed by atoms with van der Waals surface area (Å²) < 4.78 is 29.1. The van der Waals surface area contributed by atoms with Crippen molar-refractivity contribution < 1.29 is 13.5 Å². The van der Waals surface area contributed by atoms with Gasteiger partial charge in [0, 0.05) is 52.6 Å². The van der Waals surface area contributed by atoms with Crippen LogP contribution in [-0.2, 0) is 29.2 Å². The molecule has 0 aliphatic heterocycles. The number of H-pyrrole nitrogens is 1. The molecule has 0 saturated heterocycles. The van der Waals surface area contributed by atoms with E-state index >= 15 is 0 Å². The predicted molar refractivity (Wildman–Crippen MR) is 140 cm³/mol. The van der Waals surface area contributed by atoms with Gasteiger partial charge in [-0.2, -0.15) is 10.4 Å². The second-order valence-corrected chi connectivity index (χ2v) is 11.8. The molecular formula is C27H26N6O3S. The van der Waals surface area contributed by atoms with Crippen LogP contribution >= 0.6 is 0 Å². The van der Waals surface area contributed by atoms with Crippen molar-refractivity contribution in [2.75, 3.05) is 6.26 Å². The zero-order valence-corrected chi connectivity index (χ0v) is 21.6. The van der Waals surface area contributed by atoms with E-state index in [1.54, 1.807) is 16.8 Å². The molecule has 1 atom stereocenters. The number of hydrogen-bond donors (Lipinski definition) is 2. The third-order valence-corrected chi connectivity index (χ3v) is 8.40. The fraction of sp³-hybridized carbons (Fsp3) is 0.296. The normalized spacial score (nSPS) is 15.8. The summed E-state index contributed by atoms with van der Waals surface area (Å²) in [4.78, 5) is 8.22. The number of aliphatic hydroxyl groups is 1. The Labute approximate surface area is 213 Å². The lowest BCUT2D eigenvalue weighted by molar-refractivity contribution is 0.156. The van der Waals surface area contributed by atoms with Gasteiger partial charge < -0.3 is 10.1 Å². The van der Waals surface area contributed by atoms with Crippen molar-refractivity contribution >= 4 is 31.6 Å². The molecule has 6 rings (SSSR count). The molecule has 3 aromatic heterocycles. The van der Waals surface area contributed by atoms with E-state index in [1.165, 1.54) is 6.26 Å². The molecule has 37 heavy (non-hydrogen) atoms. The average molecular weight is 515 g/mol. The third kappa shape index (κ3) is 3.74. The second kappa shape index (κ2) is 8.30. The molecule has 10 heteroatoms. The van der Waals surface area contributed by atoms with Crippen molar-refractivity contribution in [3.05, 3.63) is 70.6 Å². The number of sulfone groups is 1. The Morgan fingerprint density at radius 3 is 2.84 bits per heavy atom. The van der Waals surface area contributed by atoms with Gasteiger partial charge >= 0.3 is 0 Å². The number of nitrogens with zero attached hydrogens (tertiary/aromatic N) is 5. The summed E-state index contributed by atoms with van der Waals surface area (Å²) in [5, 5.41) is 26.9. The smallest absolute Gasteiger partial charge is 0.175 e. The van der Waals surface area contributed by atoms with Crippen LogP contribution in [0.2, 0.25) is 0 Å². The molecule has 2 aromatic carbocycles. The maximum atomic E-state index is 12.7. The SMILES string of the molecule is Cc1cc(S(C)(=O)=O)c(Cn2cc3ccc(C#N)c(-n4c(C)nc5c4CC(O)CC5)c3n2)c2cc[nH]c12. The number of imidazole rings is 1. The summed E-state index contributed by atoms with van der Waals surface area (Å²) in [7, 11) is -3.49. The van der Waals surface area contributed by atoms with E-state index in [2.05, 4.69) is 11.1 Å². The standard InChI is InChI=1S/C27H26N6O3S/c1-15-10-24(37(3,35)36)21(20-8-9-29-25(15)20)14-32-13-18-5-4-17(12-28)27(26(18)31-32)33-16(2)30-22-7-6-19(34)11-23(22)33/h4-5,8-10,13,19,29,34H,6-7,11,14H2,1-3H3. The van der Waals surface area contributed by atoms with E-state index in [1.807, 2.05) is 42.9 Å². The Bertz CT molecular complexity index is 1870. The molecule has 1 unspecified atom stereocenters. The Morgan fingerprint density at radius 2 is 2.08 bits per heavy atom. The van der Waals surface area contributed by atoms with Crippen LogP contribution in [0.25, 0.3) is 27.5 Å². The minimum Gasteiger partial charge on any atom is -0.393 e. The van der Waals surface area contributed by atoms with E-state index < -0.39 is 15.9 Å². The van der Waals surface area contributed by atoms with Crippen molar-refractivity contribution in [2.45, 2.75) is 50.7 Å². The monoisotopic (exact) mass is 514 g/mol. The minimum absolute atomic E-state index is 0.243. The Hall–Kier alpha value is -3.94. The lowest BCUT2D eigenvalue weighted by atomic mass is 9.98. The van der Waals surface area contributed by atoms with Crippen LogP contribution in [0, 0.1) is 25.2 Å². The van der Waals surface area contributed by atoms with Crippen molar-refractivity contribution in [1.29, 1.82) is 5.26 Å². The molecule has 1 aliphatic carbocycles. The summed E-state index contributed by atoms with van der Waals surface area (Å²) in [5.74, 6) is 0.740. The largest absolute Gasteiger partial charge is 0.393 e. The van der Waals surface area contributed by atoms with E-state index in [4.69, 9.17) is 10.1 Å². The van der Waals surface area contributed by atoms with Crippen LogP contribution < -0.4 is 0 Å². The number of nitriles is 1. The molecule has 0 spiro atoms. The van der Waals surface area contributed by atoms with E-state index in [9.17, 15) is 18.8 Å². The predicted octanol–water partition coefficient (Wildman–Crippen LogP) is 3.49. The highest BCUT2D eigenvalue weighted by atomic mass is 32.2. The van der Waals surface area contributed by atoms with Crippen molar-refractivity contribution in [1.82, 2.24) is 24.3 Å². The van der Waals surface area contributed by atoms with Gasteiger partial charge in [-0.05, 0) is 56.5 Å². The van der Waals surface area contributed by atoms with Gasteiger partial charge in [0.05, 0.1) is 34.5 Å². The number of aryl methyl sites for hydroxylation is 3. The summed E-state index contributed by atoms with van der Waals surface area (Å²) >= 11 is 0. The van der Waals surface area contributed by atoms with Gasteiger partial charge in [0.2, 0.25) is 0 Å². The van der Waals surface area contributed by atoms with Crippen LogP contribution in [0.15, 0.2) is 41.6 Å². The zero-order valence-electron chi connectivity index (χ0n) is 20.8. The molecule has 0 saturated carbocycles. The molecule has 1 aliphatic rings. The Morgan fingerprint density at radius 1 is 1.27 bits per heavy atom. The Balaban J connectivity index is 1.56. The van der Waals surface area contributed by atoms with Gasteiger partial charge in [-0.1, -0.05) is 0 Å². The highest BCUT2D eigenvalue weighted by Gasteiger charge is 2.27. The second-order valence-electron chi connectivity index (χ2n) is 9.83. The summed E-state index contributed by atoms with van der Waals surface area (Å²) in [6.45, 7) is 4.03. The summed E-state index contributed by atoms with van der Waals surface area (Å²) in [6.07, 6.45) is 6.27. The maximum absolute atomic E-state index is 12.7. The van der Waals surface area contributed by atoms with Crippen LogP contribution in [0.3, 0.4) is 0 Å². The zero-order chi connectivity index (χ0) is 26.1. The van der Waals surface area contributed by atoms with E-state index in [-0.39, 0.29) is 11.4 Å². The van der Waals surface area contributed by atoms with Gasteiger partial charge in [0.15, 0.2) is 9.84 Å². The molecule has 0 radical (unpaired) electrons. The average Bonchev–Trinajstić information content (AvgIpc) is 3.56. The van der Waals surface area contributed by atoms with Gasteiger partial charge in [0.25, 0.3) is 0 Å². The van der Waals surface area contributed by atoms with Gasteiger partial charge in [-0.25, -0.2) is 13.4 Å². The molecule has 3 heterocycles. The van der Waals surface area contributed by atoms with E-state index in [0.29, 0.717) is 41.6 Å². The fourth-order valence-electron chi connectivity index (χ4n) is 5.58. The number of benzene rings is 2. The number of fused-ring (bicyclic) bond motifs is 3. The summed E-state index contributed by atoms with van der Waals surface area (Å²) in [6, 6.07) is 9.51. The number of aromatic amines is 1. The number of aromatic nitrogens is 5. The number of rotatable bonds is 4. The van der Waals surface area contributed by atoms with Crippen LogP contribution in [-0.4, -0.2) is 50.2 Å². The molecule has 5 aromatic rings. The highest BCUT2D eigenvalue weighted by Crippen LogP contribution is 2.33. The third-order valence-electron chi connectivity index (χ3n) is 7.24. The summed E-state index contributed by atoms with van der Waals surface area (Å²) in [5.41, 5.74) is 5.99. The number of aliphatic hydroxyl groups excluding tert-OH is 1. The van der Waals surface area contributed by atoms with Gasteiger partial charge in [0.1, 0.15) is 17.4 Å². The number of hydrogen-bond acceptors (Lipinski definition) is 6. The minimum atomic E-state index is -3.49. The molecule has 2 N–H and O–H groups in total. The highest BCUT2D eigenvalue weighted by molar-refractivity contribution is 7.90. The van der Waals surface area contributed by atoms with Crippen LogP contribution in [0.1, 0.15) is 40.3 Å². The van der Waals surface area contributed by atoms with Crippen LogP contribution in [0.5, 0.6) is 0 Å². The maximum Gasteiger partial charge on any atom is 0.175 e. The van der Waals surface area contributed by atoms with Crippen molar-refractivity contribution in [3.63, 3.8) is 0 Å². The van der Waals surface area contributed by atoms with Crippen molar-refractivity contribution in [3.8, 4) is 11.8 Å². The molecule has 188 valence electrons. The van der Waals surface area contributed by atoms with Gasteiger partial charge in [-0.15, -0.1) is 0 Å². The topological polar surface area (TPSA) is 130 Å². The lowest BCUT2D eigenvalue weighted by Gasteiger charge is -2.20. The molecular weight excluding hydrogens is 488 g/mol. The molecule has 0 bridgehead atoms. The molecule has 9 nitrogen and oxygen atoms in total. The van der Waals surface area contributed by atoms with E-state index in [0.717, 1.165) is 39.1 Å². The first-order chi connectivity index (χ1) is 17.7. The van der Waals surface area contributed by atoms with Gasteiger partial charge in [-0.3, -0.25) is 9.25 Å². The quantitative estimate of drug-likeness (QED) is 0.378. The molecule has 0 amide bonds. The Kier molecular flexibility index (Phi) is 5.26. The fourth-order valence-corrected chi connectivity index (χ4v) is 6.59. The van der Waals surface area contributed by atoms with Crippen molar-refractivity contribution in [2.24, 2.45) is 0 Å². The first-order valence-electron chi connectivity index (χ1n) is 12.1. The first-order valence-corrected chi connectivity index (χ1v) is 14.0. The number of nitrogens with one attached hydrogen (secondary N) is 1. The van der Waals surface area contributed by atoms with Crippen LogP contribution in [0.4, 0.5) is 0 Å². The molecule has 0 fully saturated rings.